The molecular formula is C34H42F3N9O4. The average molecular weight is 698 g/mol. The van der Waals surface area contributed by atoms with E-state index in [-0.39, 0.29) is 29.7 Å². The van der Waals surface area contributed by atoms with Crippen LogP contribution in [0.15, 0.2) is 30.7 Å². The molecule has 6 rings (SSSR count). The number of rotatable bonds is 13. The lowest BCUT2D eigenvalue weighted by molar-refractivity contribution is -0.139. The Balaban J connectivity index is 1.33. The molecule has 13 nitrogen and oxygen atoms in total. The van der Waals surface area contributed by atoms with Gasteiger partial charge in [-0.2, -0.15) is 13.2 Å². The Bertz CT molecular complexity index is 1790. The van der Waals surface area contributed by atoms with Gasteiger partial charge in [-0.05, 0) is 31.9 Å². The molecule has 50 heavy (non-hydrogen) atoms. The molecule has 5 heterocycles. The van der Waals surface area contributed by atoms with Gasteiger partial charge in [0.1, 0.15) is 22.6 Å². The van der Waals surface area contributed by atoms with Gasteiger partial charge in [0, 0.05) is 70.6 Å². The van der Waals surface area contributed by atoms with Crippen molar-refractivity contribution < 1.29 is 32.5 Å². The van der Waals surface area contributed by atoms with E-state index in [2.05, 4.69) is 34.6 Å². The lowest BCUT2D eigenvalue weighted by Crippen LogP contribution is -2.47. The highest BCUT2D eigenvalue weighted by molar-refractivity contribution is 5.91. The maximum atomic E-state index is 14.1. The maximum absolute atomic E-state index is 14.1. The van der Waals surface area contributed by atoms with Crippen molar-refractivity contribution in [2.45, 2.75) is 45.2 Å². The smallest absolute Gasteiger partial charge is 0.421 e. The summed E-state index contributed by atoms with van der Waals surface area (Å²) in [6.07, 6.45) is 4.32. The number of carboxylic acid groups (broad SMARTS) is 1. The topological polar surface area (TPSA) is 146 Å². The largest absolute Gasteiger partial charge is 0.481 e. The first-order chi connectivity index (χ1) is 24.0. The van der Waals surface area contributed by atoms with Gasteiger partial charge in [-0.15, -0.1) is 0 Å². The van der Waals surface area contributed by atoms with E-state index >= 15 is 0 Å². The normalized spacial score (nSPS) is 16.6. The molecule has 0 atom stereocenters. The number of imidazole rings is 1. The molecule has 268 valence electrons. The molecule has 0 radical (unpaired) electrons. The number of H-pyrrole nitrogens is 1. The fourth-order valence-electron chi connectivity index (χ4n) is 7.02. The van der Waals surface area contributed by atoms with Crippen molar-refractivity contribution in [1.82, 2.24) is 34.8 Å². The van der Waals surface area contributed by atoms with Gasteiger partial charge in [0.25, 0.3) is 0 Å². The van der Waals surface area contributed by atoms with Gasteiger partial charge in [0.05, 0.1) is 43.4 Å². The predicted octanol–water partition coefficient (Wildman–Crippen LogP) is 5.13. The third-order valence-electron chi connectivity index (χ3n) is 9.49. The van der Waals surface area contributed by atoms with Crippen molar-refractivity contribution in [3.63, 3.8) is 0 Å². The van der Waals surface area contributed by atoms with Gasteiger partial charge in [0.2, 0.25) is 5.88 Å². The summed E-state index contributed by atoms with van der Waals surface area (Å²) in [5.74, 6) is -0.163. The second kappa shape index (κ2) is 14.7. The van der Waals surface area contributed by atoms with Crippen molar-refractivity contribution >= 4 is 28.6 Å². The number of methoxy groups -OCH3 is 1. The van der Waals surface area contributed by atoms with Crippen LogP contribution in [0.25, 0.3) is 33.9 Å². The summed E-state index contributed by atoms with van der Waals surface area (Å²) in [5.41, 5.74) is 1.58. The first-order valence-corrected chi connectivity index (χ1v) is 16.8. The lowest BCUT2D eigenvalue weighted by Gasteiger charge is -2.34. The number of aromatic amines is 1. The highest BCUT2D eigenvalue weighted by Gasteiger charge is 2.37. The predicted molar refractivity (Wildman–Crippen MR) is 181 cm³/mol. The number of pyridine rings is 2. The number of alkyl halides is 3. The molecule has 1 saturated heterocycles. The van der Waals surface area contributed by atoms with Crippen LogP contribution >= 0.6 is 0 Å². The number of hydrogen-bond acceptors (Lipinski definition) is 11. The SMILES string of the molecule is CCOc1ncc(-c2cc(N(C)CC3(COC)CCCC3)c3[nH]c(-c4cnc(N5CCN(CCC(=O)O)CC5)cn4)nc3n2)cc1C(F)(F)F. The fourth-order valence-corrected chi connectivity index (χ4v) is 7.02. The third kappa shape index (κ3) is 7.75. The van der Waals surface area contributed by atoms with Gasteiger partial charge >= 0.3 is 12.1 Å². The van der Waals surface area contributed by atoms with Crippen LogP contribution in [-0.4, -0.2) is 113 Å². The van der Waals surface area contributed by atoms with Crippen molar-refractivity contribution in [3.8, 4) is 28.7 Å². The van der Waals surface area contributed by atoms with E-state index in [9.17, 15) is 18.0 Å². The molecule has 1 saturated carbocycles. The molecule has 0 amide bonds. The summed E-state index contributed by atoms with van der Waals surface area (Å²) >= 11 is 0. The number of nitrogens with one attached hydrogen (secondary N) is 1. The Morgan fingerprint density at radius 2 is 1.80 bits per heavy atom. The molecule has 0 bridgehead atoms. The Morgan fingerprint density at radius 1 is 1.04 bits per heavy atom. The molecular weight excluding hydrogens is 655 g/mol. The van der Waals surface area contributed by atoms with E-state index in [1.165, 1.54) is 6.20 Å². The van der Waals surface area contributed by atoms with Crippen LogP contribution in [-0.2, 0) is 15.7 Å². The minimum atomic E-state index is -4.68. The Kier molecular flexibility index (Phi) is 10.4. The summed E-state index contributed by atoms with van der Waals surface area (Å²) < 4.78 is 53.0. The number of halogens is 3. The number of ether oxygens (including phenoxy) is 2. The number of anilines is 2. The average Bonchev–Trinajstić information content (AvgIpc) is 3.74. The number of hydrogen-bond donors (Lipinski definition) is 2. The van der Waals surface area contributed by atoms with E-state index in [0.29, 0.717) is 61.3 Å². The minimum absolute atomic E-state index is 0.0446. The first-order valence-electron chi connectivity index (χ1n) is 16.8. The highest BCUT2D eigenvalue weighted by atomic mass is 19.4. The molecule has 16 heteroatoms. The number of aromatic nitrogens is 6. The van der Waals surface area contributed by atoms with Crippen LogP contribution in [0.1, 0.15) is 44.6 Å². The summed E-state index contributed by atoms with van der Waals surface area (Å²) in [7, 11) is 3.66. The molecule has 1 aliphatic heterocycles. The van der Waals surface area contributed by atoms with Crippen LogP contribution in [0.2, 0.25) is 0 Å². The van der Waals surface area contributed by atoms with E-state index in [1.54, 1.807) is 32.5 Å². The Hall–Kier alpha value is -4.57. The second-order valence-electron chi connectivity index (χ2n) is 13.0. The fraction of sp³-hybridized carbons (Fsp3) is 0.529. The van der Waals surface area contributed by atoms with Gasteiger partial charge < -0.3 is 29.4 Å². The highest BCUT2D eigenvalue weighted by Crippen LogP contribution is 2.42. The minimum Gasteiger partial charge on any atom is -0.481 e. The van der Waals surface area contributed by atoms with Gasteiger partial charge in [-0.3, -0.25) is 9.69 Å². The van der Waals surface area contributed by atoms with E-state index in [0.717, 1.165) is 50.5 Å². The summed E-state index contributed by atoms with van der Waals surface area (Å²) in [4.78, 5) is 43.4. The van der Waals surface area contributed by atoms with Crippen LogP contribution in [0.5, 0.6) is 5.88 Å². The quantitative estimate of drug-likeness (QED) is 0.191. The Labute approximate surface area is 287 Å². The number of carboxylic acids is 1. The summed E-state index contributed by atoms with van der Waals surface area (Å²) in [6.45, 7) is 6.28. The van der Waals surface area contributed by atoms with Crippen LogP contribution in [0.3, 0.4) is 0 Å². The Morgan fingerprint density at radius 3 is 2.44 bits per heavy atom. The molecule has 4 aromatic rings. The lowest BCUT2D eigenvalue weighted by atomic mass is 9.86. The van der Waals surface area contributed by atoms with Crippen LogP contribution < -0.4 is 14.5 Å². The molecule has 0 unspecified atom stereocenters. The maximum Gasteiger partial charge on any atom is 0.421 e. The van der Waals surface area contributed by atoms with Crippen LogP contribution in [0, 0.1) is 5.41 Å². The summed E-state index contributed by atoms with van der Waals surface area (Å²) in [6, 6.07) is 2.78. The molecule has 0 aromatic carbocycles. The van der Waals surface area contributed by atoms with E-state index in [4.69, 9.17) is 24.5 Å². The first kappa shape index (κ1) is 35.3. The van der Waals surface area contributed by atoms with Crippen molar-refractivity contribution in [1.29, 1.82) is 0 Å². The zero-order chi connectivity index (χ0) is 35.5. The number of piperazine rings is 1. The van der Waals surface area contributed by atoms with Gasteiger partial charge in [0.15, 0.2) is 11.5 Å². The molecule has 4 aromatic heterocycles. The number of aliphatic carboxylic acids is 1. The second-order valence-corrected chi connectivity index (χ2v) is 13.0. The van der Waals surface area contributed by atoms with E-state index < -0.39 is 23.6 Å². The monoisotopic (exact) mass is 697 g/mol. The van der Waals surface area contributed by atoms with Crippen LogP contribution in [0.4, 0.5) is 24.7 Å². The van der Waals surface area contributed by atoms with Crippen molar-refractivity contribution in [3.05, 3.63) is 36.3 Å². The number of fused-ring (bicyclic) bond motifs is 1. The zero-order valence-corrected chi connectivity index (χ0v) is 28.5. The summed E-state index contributed by atoms with van der Waals surface area (Å²) in [5, 5.41) is 8.98. The number of nitrogens with zero attached hydrogens (tertiary/aromatic N) is 8. The molecule has 2 fully saturated rings. The van der Waals surface area contributed by atoms with Crippen molar-refractivity contribution in [2.75, 3.05) is 76.4 Å². The zero-order valence-electron chi connectivity index (χ0n) is 28.5. The number of carbonyl (C=O) groups is 1. The van der Waals surface area contributed by atoms with Gasteiger partial charge in [-0.1, -0.05) is 12.8 Å². The molecule has 0 spiro atoms. The molecule has 2 aliphatic rings. The van der Waals surface area contributed by atoms with Crippen molar-refractivity contribution in [2.24, 2.45) is 5.41 Å². The third-order valence-corrected chi connectivity index (χ3v) is 9.49. The van der Waals surface area contributed by atoms with Gasteiger partial charge in [-0.25, -0.2) is 24.9 Å². The molecule has 2 N–H and O–H groups in total. The molecule has 1 aliphatic carbocycles. The standard InChI is InChI=1S/C34H42F3N9O4/c1-4-50-32-23(34(35,36)37)15-22(17-40-32)24-16-26(44(2)20-33(21-49-3)8-5-6-9-33)29-31(41-24)43-30(42-29)25-18-39-27(19-38-25)46-13-11-45(12-14-46)10-7-28(47)48/h15-19H,4-14,20-21H2,1-3H3,(H,47,48)(H,41,42,43). The van der Waals surface area contributed by atoms with E-state index in [1.807, 2.05) is 7.05 Å².